The van der Waals surface area contributed by atoms with Crippen molar-refractivity contribution in [1.29, 1.82) is 0 Å². The quantitative estimate of drug-likeness (QED) is 0.586. The summed E-state index contributed by atoms with van der Waals surface area (Å²) >= 11 is 6.22. The smallest absolute Gasteiger partial charge is 0.363 e. The minimum atomic E-state index is -0.568. The molecule has 0 fully saturated rings. The standard InChI is InChI=1S/C20H16ClNO4/c1-24-16-9-14(10-17(12-16)25-2)19-22-18(20(23)26-19)11-15(21)8-13-6-4-3-5-7-13/h3-12H,1-2H3. The maximum Gasteiger partial charge on any atom is 0.363 e. The van der Waals surface area contributed by atoms with Gasteiger partial charge >= 0.3 is 5.97 Å². The van der Waals surface area contributed by atoms with Crippen molar-refractivity contribution in [2.75, 3.05) is 14.2 Å². The minimum absolute atomic E-state index is 0.124. The van der Waals surface area contributed by atoms with Gasteiger partial charge in [-0.15, -0.1) is 0 Å². The maximum atomic E-state index is 12.1. The van der Waals surface area contributed by atoms with Gasteiger partial charge in [0, 0.05) is 16.7 Å². The third-order valence-corrected chi connectivity index (χ3v) is 3.82. The van der Waals surface area contributed by atoms with Crippen LogP contribution in [0.2, 0.25) is 0 Å². The zero-order valence-corrected chi connectivity index (χ0v) is 15.0. The average molecular weight is 370 g/mol. The number of nitrogens with zero attached hydrogens (tertiary/aromatic N) is 1. The highest BCUT2D eigenvalue weighted by molar-refractivity contribution is 6.33. The molecule has 132 valence electrons. The number of halogens is 1. The molecule has 0 atom stereocenters. The van der Waals surface area contributed by atoms with Crippen LogP contribution in [-0.2, 0) is 9.53 Å². The molecule has 0 aromatic heterocycles. The van der Waals surface area contributed by atoms with Crippen LogP contribution >= 0.6 is 11.6 Å². The summed E-state index contributed by atoms with van der Waals surface area (Å²) in [7, 11) is 3.08. The number of hydrogen-bond acceptors (Lipinski definition) is 5. The Balaban J connectivity index is 1.91. The number of rotatable bonds is 5. The van der Waals surface area contributed by atoms with Gasteiger partial charge in [0.2, 0.25) is 5.90 Å². The molecule has 26 heavy (non-hydrogen) atoms. The molecule has 0 bridgehead atoms. The summed E-state index contributed by atoms with van der Waals surface area (Å²) in [5.41, 5.74) is 1.61. The molecule has 0 saturated heterocycles. The van der Waals surface area contributed by atoms with E-state index in [1.807, 2.05) is 30.3 Å². The molecule has 1 heterocycles. The van der Waals surface area contributed by atoms with Gasteiger partial charge in [-0.1, -0.05) is 41.9 Å². The summed E-state index contributed by atoms with van der Waals surface area (Å²) < 4.78 is 15.7. The molecule has 0 spiro atoms. The number of allylic oxidation sites excluding steroid dienone is 2. The molecule has 3 rings (SSSR count). The first-order valence-electron chi connectivity index (χ1n) is 7.77. The summed E-state index contributed by atoms with van der Waals surface area (Å²) in [6.45, 7) is 0. The van der Waals surface area contributed by atoms with E-state index in [-0.39, 0.29) is 11.6 Å². The zero-order chi connectivity index (χ0) is 18.5. The normalized spacial score (nSPS) is 15.7. The van der Waals surface area contributed by atoms with Crippen LogP contribution < -0.4 is 9.47 Å². The lowest BCUT2D eigenvalue weighted by molar-refractivity contribution is -0.130. The molecule has 0 aliphatic carbocycles. The van der Waals surface area contributed by atoms with Crippen molar-refractivity contribution in [3.8, 4) is 11.5 Å². The highest BCUT2D eigenvalue weighted by Crippen LogP contribution is 2.26. The van der Waals surface area contributed by atoms with E-state index in [0.29, 0.717) is 22.1 Å². The molecule has 5 nitrogen and oxygen atoms in total. The molecule has 0 amide bonds. The van der Waals surface area contributed by atoms with Gasteiger partial charge in [-0.2, -0.15) is 0 Å². The van der Waals surface area contributed by atoms with Crippen LogP contribution in [0.15, 0.2) is 70.3 Å². The first-order valence-corrected chi connectivity index (χ1v) is 8.15. The minimum Gasteiger partial charge on any atom is -0.497 e. The third kappa shape index (κ3) is 4.13. The van der Waals surface area contributed by atoms with E-state index >= 15 is 0 Å². The van der Waals surface area contributed by atoms with Crippen molar-refractivity contribution in [3.05, 3.63) is 76.5 Å². The van der Waals surface area contributed by atoms with Gasteiger partial charge in [-0.25, -0.2) is 9.79 Å². The van der Waals surface area contributed by atoms with Gasteiger partial charge in [0.15, 0.2) is 5.70 Å². The number of benzene rings is 2. The van der Waals surface area contributed by atoms with E-state index < -0.39 is 5.97 Å². The van der Waals surface area contributed by atoms with Crippen LogP contribution in [0.1, 0.15) is 11.1 Å². The molecule has 1 aliphatic rings. The number of esters is 1. The van der Waals surface area contributed by atoms with Crippen molar-refractivity contribution in [1.82, 2.24) is 0 Å². The molecule has 0 unspecified atom stereocenters. The fraction of sp³-hybridized carbons (Fsp3) is 0.100. The van der Waals surface area contributed by atoms with E-state index in [0.717, 1.165) is 5.56 Å². The lowest BCUT2D eigenvalue weighted by atomic mass is 10.2. The lowest BCUT2D eigenvalue weighted by Gasteiger charge is -2.07. The number of methoxy groups -OCH3 is 2. The molecule has 0 radical (unpaired) electrons. The fourth-order valence-corrected chi connectivity index (χ4v) is 2.57. The van der Waals surface area contributed by atoms with Gasteiger partial charge < -0.3 is 14.2 Å². The second kappa shape index (κ2) is 7.89. The first kappa shape index (κ1) is 17.8. The van der Waals surface area contributed by atoms with Crippen LogP contribution in [0.5, 0.6) is 11.5 Å². The molecule has 1 aliphatic heterocycles. The number of aliphatic imine (C=N–C) groups is 1. The highest BCUT2D eigenvalue weighted by atomic mass is 35.5. The van der Waals surface area contributed by atoms with Crippen molar-refractivity contribution < 1.29 is 19.0 Å². The Morgan fingerprint density at radius 1 is 1.08 bits per heavy atom. The van der Waals surface area contributed by atoms with Crippen molar-refractivity contribution in [3.63, 3.8) is 0 Å². The van der Waals surface area contributed by atoms with Crippen LogP contribution in [0, 0.1) is 0 Å². The molecule has 0 saturated carbocycles. The fourth-order valence-electron chi connectivity index (χ4n) is 2.34. The Morgan fingerprint density at radius 3 is 2.35 bits per heavy atom. The van der Waals surface area contributed by atoms with Gasteiger partial charge in [-0.05, 0) is 29.8 Å². The van der Waals surface area contributed by atoms with Crippen molar-refractivity contribution in [2.24, 2.45) is 4.99 Å². The SMILES string of the molecule is COc1cc(OC)cc(C2=NC(=CC(Cl)=Cc3ccccc3)C(=O)O2)c1. The van der Waals surface area contributed by atoms with Crippen LogP contribution in [0.25, 0.3) is 6.08 Å². The molecular weight excluding hydrogens is 354 g/mol. The first-order chi connectivity index (χ1) is 12.6. The average Bonchev–Trinajstić information content (AvgIpc) is 3.02. The number of cyclic esters (lactones) is 1. The van der Waals surface area contributed by atoms with Gasteiger partial charge in [0.25, 0.3) is 0 Å². The monoisotopic (exact) mass is 369 g/mol. The number of hydrogen-bond donors (Lipinski definition) is 0. The van der Waals surface area contributed by atoms with E-state index in [2.05, 4.69) is 4.99 Å². The van der Waals surface area contributed by atoms with Crippen LogP contribution in [0.3, 0.4) is 0 Å². The lowest BCUT2D eigenvalue weighted by Crippen LogP contribution is -2.06. The van der Waals surface area contributed by atoms with Crippen LogP contribution in [-0.4, -0.2) is 26.1 Å². The van der Waals surface area contributed by atoms with Crippen molar-refractivity contribution in [2.45, 2.75) is 0 Å². The predicted octanol–water partition coefficient (Wildman–Crippen LogP) is 4.17. The van der Waals surface area contributed by atoms with E-state index in [9.17, 15) is 4.79 Å². The Kier molecular flexibility index (Phi) is 5.39. The summed E-state index contributed by atoms with van der Waals surface area (Å²) in [5.74, 6) is 0.735. The predicted molar refractivity (Wildman–Crippen MR) is 101 cm³/mol. The molecular formula is C20H16ClNO4. The van der Waals surface area contributed by atoms with Gasteiger partial charge in [-0.3, -0.25) is 0 Å². The number of carbonyl (C=O) groups is 1. The summed E-state index contributed by atoms with van der Waals surface area (Å²) in [6, 6.07) is 14.7. The third-order valence-electron chi connectivity index (χ3n) is 3.60. The topological polar surface area (TPSA) is 57.1 Å². The Hall–Kier alpha value is -3.05. The second-order valence-corrected chi connectivity index (χ2v) is 5.81. The summed E-state index contributed by atoms with van der Waals surface area (Å²) in [5, 5.41) is 0.372. The van der Waals surface area contributed by atoms with E-state index in [1.165, 1.54) is 6.08 Å². The van der Waals surface area contributed by atoms with Crippen LogP contribution in [0.4, 0.5) is 0 Å². The Bertz CT molecular complexity index is 894. The number of carbonyl (C=O) groups excluding carboxylic acids is 1. The van der Waals surface area contributed by atoms with Gasteiger partial charge in [0.05, 0.1) is 14.2 Å². The van der Waals surface area contributed by atoms with E-state index in [1.54, 1.807) is 38.5 Å². The van der Waals surface area contributed by atoms with E-state index in [4.69, 9.17) is 25.8 Å². The van der Waals surface area contributed by atoms with Gasteiger partial charge in [0.1, 0.15) is 11.5 Å². The summed E-state index contributed by atoms with van der Waals surface area (Å²) in [4.78, 5) is 16.3. The molecule has 2 aromatic rings. The maximum absolute atomic E-state index is 12.1. The number of ether oxygens (including phenoxy) is 3. The highest BCUT2D eigenvalue weighted by Gasteiger charge is 2.25. The second-order valence-electron chi connectivity index (χ2n) is 5.38. The Labute approximate surface area is 156 Å². The summed E-state index contributed by atoms with van der Waals surface area (Å²) in [6.07, 6.45) is 3.21. The van der Waals surface area contributed by atoms with Crippen molar-refractivity contribution >= 4 is 29.5 Å². The zero-order valence-electron chi connectivity index (χ0n) is 14.2. The molecule has 6 heteroatoms. The largest absolute Gasteiger partial charge is 0.497 e. The molecule has 0 N–H and O–H groups in total. The Morgan fingerprint density at radius 2 is 1.73 bits per heavy atom. The molecule has 2 aromatic carbocycles.